The van der Waals surface area contributed by atoms with Crippen LogP contribution in [0.5, 0.6) is 0 Å². The van der Waals surface area contributed by atoms with E-state index in [1.165, 1.54) is 0 Å². The van der Waals surface area contributed by atoms with Crippen molar-refractivity contribution in [1.82, 2.24) is 15.0 Å². The van der Waals surface area contributed by atoms with Gasteiger partial charge in [-0.25, -0.2) is 0 Å². The van der Waals surface area contributed by atoms with Gasteiger partial charge in [0, 0.05) is 6.42 Å². The third-order valence-electron chi connectivity index (χ3n) is 1.98. The van der Waals surface area contributed by atoms with E-state index in [1.807, 2.05) is 6.92 Å². The van der Waals surface area contributed by atoms with Gasteiger partial charge in [0.25, 0.3) is 0 Å². The van der Waals surface area contributed by atoms with Crippen molar-refractivity contribution in [2.75, 3.05) is 11.5 Å². The van der Waals surface area contributed by atoms with E-state index >= 15 is 0 Å². The van der Waals surface area contributed by atoms with E-state index in [1.54, 1.807) is 12.3 Å². The van der Waals surface area contributed by atoms with Crippen LogP contribution in [0.1, 0.15) is 12.7 Å². The highest BCUT2D eigenvalue weighted by atomic mass is 16.3. The zero-order valence-electron chi connectivity index (χ0n) is 8.27. The number of rotatable bonds is 2. The summed E-state index contributed by atoms with van der Waals surface area (Å²) in [6.45, 7) is 1.98. The topological polar surface area (TPSA) is 104 Å². The van der Waals surface area contributed by atoms with Gasteiger partial charge in [-0.15, -0.1) is 0 Å². The van der Waals surface area contributed by atoms with Crippen molar-refractivity contribution in [3.63, 3.8) is 0 Å². The molecule has 15 heavy (non-hydrogen) atoms. The first-order chi connectivity index (χ1) is 7.20. The smallest absolute Gasteiger partial charge is 0.225 e. The SMILES string of the molecule is CCc1occc1-c1nc(N)nc(N)n1. The Balaban J connectivity index is 2.53. The maximum absolute atomic E-state index is 5.48. The summed E-state index contributed by atoms with van der Waals surface area (Å²) in [7, 11) is 0. The average molecular weight is 205 g/mol. The molecule has 6 nitrogen and oxygen atoms in total. The predicted octanol–water partition coefficient (Wildman–Crippen LogP) is 0.858. The quantitative estimate of drug-likeness (QED) is 0.753. The summed E-state index contributed by atoms with van der Waals surface area (Å²) in [4.78, 5) is 11.7. The molecule has 0 aromatic carbocycles. The highest BCUT2D eigenvalue weighted by Gasteiger charge is 2.11. The molecule has 2 rings (SSSR count). The largest absolute Gasteiger partial charge is 0.469 e. The first kappa shape index (κ1) is 9.45. The third-order valence-corrected chi connectivity index (χ3v) is 1.98. The van der Waals surface area contributed by atoms with E-state index in [2.05, 4.69) is 15.0 Å². The fraction of sp³-hybridized carbons (Fsp3) is 0.222. The van der Waals surface area contributed by atoms with Gasteiger partial charge < -0.3 is 15.9 Å². The minimum Gasteiger partial charge on any atom is -0.469 e. The summed E-state index contributed by atoms with van der Waals surface area (Å²) in [5.74, 6) is 1.48. The van der Waals surface area contributed by atoms with Crippen molar-refractivity contribution in [3.05, 3.63) is 18.1 Å². The first-order valence-corrected chi connectivity index (χ1v) is 4.54. The molecule has 2 aromatic heterocycles. The van der Waals surface area contributed by atoms with E-state index in [0.29, 0.717) is 5.82 Å². The van der Waals surface area contributed by atoms with Gasteiger partial charge in [0.2, 0.25) is 11.9 Å². The van der Waals surface area contributed by atoms with E-state index in [-0.39, 0.29) is 11.9 Å². The molecule has 0 fully saturated rings. The summed E-state index contributed by atoms with van der Waals surface area (Å²) in [6.07, 6.45) is 2.35. The number of hydrogen-bond acceptors (Lipinski definition) is 6. The van der Waals surface area contributed by atoms with Gasteiger partial charge in [0.1, 0.15) is 5.76 Å². The Morgan fingerprint density at radius 1 is 1.20 bits per heavy atom. The lowest BCUT2D eigenvalue weighted by Crippen LogP contribution is -2.04. The Bertz CT molecular complexity index is 459. The van der Waals surface area contributed by atoms with Crippen LogP contribution >= 0.6 is 0 Å². The van der Waals surface area contributed by atoms with Crippen molar-refractivity contribution >= 4 is 11.9 Å². The zero-order valence-corrected chi connectivity index (χ0v) is 8.27. The minimum atomic E-state index is 0.112. The number of aryl methyl sites for hydroxylation is 1. The van der Waals surface area contributed by atoms with Crippen molar-refractivity contribution in [2.45, 2.75) is 13.3 Å². The Morgan fingerprint density at radius 3 is 2.47 bits per heavy atom. The number of aromatic nitrogens is 3. The molecule has 0 aliphatic rings. The van der Waals surface area contributed by atoms with Crippen LogP contribution < -0.4 is 11.5 Å². The second-order valence-electron chi connectivity index (χ2n) is 2.99. The van der Waals surface area contributed by atoms with Crippen LogP contribution in [0.15, 0.2) is 16.7 Å². The fourth-order valence-corrected chi connectivity index (χ4v) is 1.34. The average Bonchev–Trinajstić information content (AvgIpc) is 2.63. The second kappa shape index (κ2) is 3.56. The van der Waals surface area contributed by atoms with Crippen LogP contribution in [0, 0.1) is 0 Å². The molecule has 0 radical (unpaired) electrons. The molecule has 0 bridgehead atoms. The molecule has 6 heteroatoms. The molecule has 0 aliphatic heterocycles. The Morgan fingerprint density at radius 2 is 1.87 bits per heavy atom. The number of nitrogen functional groups attached to an aromatic ring is 2. The molecule has 0 spiro atoms. The highest BCUT2D eigenvalue weighted by Crippen LogP contribution is 2.22. The Kier molecular flexibility index (Phi) is 2.24. The van der Waals surface area contributed by atoms with Gasteiger partial charge >= 0.3 is 0 Å². The number of hydrogen-bond donors (Lipinski definition) is 2. The van der Waals surface area contributed by atoms with Crippen LogP contribution in [0.2, 0.25) is 0 Å². The van der Waals surface area contributed by atoms with Gasteiger partial charge in [-0.1, -0.05) is 6.92 Å². The van der Waals surface area contributed by atoms with Gasteiger partial charge in [-0.3, -0.25) is 0 Å². The molecule has 4 N–H and O–H groups in total. The summed E-state index contributed by atoms with van der Waals surface area (Å²) in [6, 6.07) is 1.78. The van der Waals surface area contributed by atoms with Crippen LogP contribution in [0.25, 0.3) is 11.4 Å². The lowest BCUT2D eigenvalue weighted by molar-refractivity contribution is 0.517. The van der Waals surface area contributed by atoms with Crippen molar-refractivity contribution in [1.29, 1.82) is 0 Å². The molecular weight excluding hydrogens is 194 g/mol. The van der Waals surface area contributed by atoms with Crippen LogP contribution in [-0.2, 0) is 6.42 Å². The zero-order chi connectivity index (χ0) is 10.8. The van der Waals surface area contributed by atoms with E-state index in [9.17, 15) is 0 Å². The van der Waals surface area contributed by atoms with Gasteiger partial charge in [0.15, 0.2) is 5.82 Å². The van der Waals surface area contributed by atoms with Crippen molar-refractivity contribution < 1.29 is 4.42 Å². The van der Waals surface area contributed by atoms with Crippen molar-refractivity contribution in [2.24, 2.45) is 0 Å². The van der Waals surface area contributed by atoms with E-state index < -0.39 is 0 Å². The first-order valence-electron chi connectivity index (χ1n) is 4.54. The predicted molar refractivity (Wildman–Crippen MR) is 55.7 cm³/mol. The van der Waals surface area contributed by atoms with E-state index in [4.69, 9.17) is 15.9 Å². The number of nitrogens with two attached hydrogens (primary N) is 2. The standard InChI is InChI=1S/C9H11N5O/c1-2-6-5(3-4-15-6)7-12-8(10)14-9(11)13-7/h3-4H,2H2,1H3,(H4,10,11,12,13,14). The molecule has 0 saturated heterocycles. The number of nitrogens with zero attached hydrogens (tertiary/aromatic N) is 3. The molecular formula is C9H11N5O. The Hall–Kier alpha value is -2.11. The fourth-order valence-electron chi connectivity index (χ4n) is 1.34. The Labute approximate surface area is 86.4 Å². The summed E-state index contributed by atoms with van der Waals surface area (Å²) in [5.41, 5.74) is 11.8. The molecule has 2 heterocycles. The minimum absolute atomic E-state index is 0.112. The molecule has 2 aromatic rings. The summed E-state index contributed by atoms with van der Waals surface area (Å²) >= 11 is 0. The summed E-state index contributed by atoms with van der Waals surface area (Å²) < 4.78 is 5.27. The monoisotopic (exact) mass is 205 g/mol. The van der Waals surface area contributed by atoms with E-state index in [0.717, 1.165) is 17.7 Å². The van der Waals surface area contributed by atoms with Gasteiger partial charge in [-0.05, 0) is 6.07 Å². The number of anilines is 2. The maximum Gasteiger partial charge on any atom is 0.225 e. The summed E-state index contributed by atoms with van der Waals surface area (Å²) in [5, 5.41) is 0. The lowest BCUT2D eigenvalue weighted by Gasteiger charge is -2.01. The molecule has 0 amide bonds. The van der Waals surface area contributed by atoms with Gasteiger partial charge in [-0.2, -0.15) is 15.0 Å². The molecule has 0 atom stereocenters. The van der Waals surface area contributed by atoms with Crippen LogP contribution in [0.3, 0.4) is 0 Å². The second-order valence-corrected chi connectivity index (χ2v) is 2.99. The van der Waals surface area contributed by atoms with Gasteiger partial charge in [0.05, 0.1) is 11.8 Å². The molecule has 0 saturated carbocycles. The van der Waals surface area contributed by atoms with Crippen molar-refractivity contribution in [3.8, 4) is 11.4 Å². The normalized spacial score (nSPS) is 10.5. The number of furan rings is 1. The lowest BCUT2D eigenvalue weighted by atomic mass is 10.2. The molecule has 0 unspecified atom stereocenters. The van der Waals surface area contributed by atoms with Crippen LogP contribution in [0.4, 0.5) is 11.9 Å². The molecule has 78 valence electrons. The highest BCUT2D eigenvalue weighted by molar-refractivity contribution is 5.59. The third kappa shape index (κ3) is 1.74. The maximum atomic E-state index is 5.48. The molecule has 0 aliphatic carbocycles. The van der Waals surface area contributed by atoms with Crippen LogP contribution in [-0.4, -0.2) is 15.0 Å².